The van der Waals surface area contributed by atoms with Gasteiger partial charge in [-0.1, -0.05) is 18.5 Å². The largest absolute Gasteiger partial charge is 0.483 e. The standard InChI is InChI=1S/C16H25ClN2O2/c1-6-16(3,4)19-15(20)10-21-14-8-7-12(17)9-13(14)11(2)18-5/h7-9,11,18H,6,10H2,1-5H3,(H,19,20). The second-order valence-electron chi connectivity index (χ2n) is 5.77. The third kappa shape index (κ3) is 5.56. The van der Waals surface area contributed by atoms with E-state index < -0.39 is 0 Å². The van der Waals surface area contributed by atoms with Crippen molar-refractivity contribution in [2.75, 3.05) is 13.7 Å². The summed E-state index contributed by atoms with van der Waals surface area (Å²) in [5, 5.41) is 6.74. The van der Waals surface area contributed by atoms with E-state index in [1.54, 1.807) is 12.1 Å². The molecule has 0 aliphatic rings. The molecule has 1 amide bonds. The van der Waals surface area contributed by atoms with Gasteiger partial charge in [-0.15, -0.1) is 0 Å². The average molecular weight is 313 g/mol. The number of hydrogen-bond acceptors (Lipinski definition) is 3. The van der Waals surface area contributed by atoms with Gasteiger partial charge < -0.3 is 15.4 Å². The van der Waals surface area contributed by atoms with Crippen LogP contribution in [0.5, 0.6) is 5.75 Å². The van der Waals surface area contributed by atoms with Gasteiger partial charge in [0.25, 0.3) is 5.91 Å². The average Bonchev–Trinajstić information content (AvgIpc) is 2.44. The molecule has 4 nitrogen and oxygen atoms in total. The lowest BCUT2D eigenvalue weighted by molar-refractivity contribution is -0.124. The van der Waals surface area contributed by atoms with Gasteiger partial charge in [0.15, 0.2) is 6.61 Å². The van der Waals surface area contributed by atoms with Crippen LogP contribution < -0.4 is 15.4 Å². The van der Waals surface area contributed by atoms with Crippen molar-refractivity contribution in [3.63, 3.8) is 0 Å². The first-order valence-electron chi connectivity index (χ1n) is 7.19. The SMILES string of the molecule is CCC(C)(C)NC(=O)COc1ccc(Cl)cc1C(C)NC. The van der Waals surface area contributed by atoms with Crippen molar-refractivity contribution in [3.8, 4) is 5.75 Å². The zero-order valence-corrected chi connectivity index (χ0v) is 14.2. The van der Waals surface area contributed by atoms with Crippen molar-refractivity contribution in [3.05, 3.63) is 28.8 Å². The van der Waals surface area contributed by atoms with E-state index in [-0.39, 0.29) is 24.1 Å². The Morgan fingerprint density at radius 2 is 2.10 bits per heavy atom. The molecule has 0 aliphatic heterocycles. The Kier molecular flexibility index (Phi) is 6.49. The highest BCUT2D eigenvalue weighted by atomic mass is 35.5. The van der Waals surface area contributed by atoms with Crippen LogP contribution in [0.25, 0.3) is 0 Å². The van der Waals surface area contributed by atoms with Crippen LogP contribution >= 0.6 is 11.6 Å². The normalized spacial score (nSPS) is 12.9. The molecule has 1 aromatic carbocycles. The smallest absolute Gasteiger partial charge is 0.258 e. The molecule has 0 aromatic heterocycles. The highest BCUT2D eigenvalue weighted by Crippen LogP contribution is 2.28. The molecule has 0 bridgehead atoms. The summed E-state index contributed by atoms with van der Waals surface area (Å²) in [6, 6.07) is 5.50. The summed E-state index contributed by atoms with van der Waals surface area (Å²) in [6.07, 6.45) is 0.863. The minimum atomic E-state index is -0.221. The summed E-state index contributed by atoms with van der Waals surface area (Å²) in [4.78, 5) is 11.9. The topological polar surface area (TPSA) is 50.4 Å². The molecule has 0 saturated heterocycles. The number of nitrogens with one attached hydrogen (secondary N) is 2. The quantitative estimate of drug-likeness (QED) is 0.812. The number of amides is 1. The Bertz CT molecular complexity index is 489. The van der Waals surface area contributed by atoms with Gasteiger partial charge in [0.05, 0.1) is 0 Å². The molecule has 0 radical (unpaired) electrons. The third-order valence-corrected chi connectivity index (χ3v) is 3.83. The molecule has 1 atom stereocenters. The summed E-state index contributed by atoms with van der Waals surface area (Å²) in [5.41, 5.74) is 0.717. The summed E-state index contributed by atoms with van der Waals surface area (Å²) >= 11 is 6.02. The zero-order chi connectivity index (χ0) is 16.0. The molecule has 0 heterocycles. The lowest BCUT2D eigenvalue weighted by Gasteiger charge is -2.24. The number of carbonyl (C=O) groups excluding carboxylic acids is 1. The fraction of sp³-hybridized carbons (Fsp3) is 0.562. The van der Waals surface area contributed by atoms with Crippen LogP contribution in [-0.4, -0.2) is 25.1 Å². The first kappa shape index (κ1) is 17.8. The van der Waals surface area contributed by atoms with Gasteiger partial charge in [-0.2, -0.15) is 0 Å². The second kappa shape index (κ2) is 7.66. The van der Waals surface area contributed by atoms with Crippen molar-refractivity contribution in [1.82, 2.24) is 10.6 Å². The Morgan fingerprint density at radius 1 is 1.43 bits per heavy atom. The number of hydrogen-bond donors (Lipinski definition) is 2. The number of benzene rings is 1. The van der Waals surface area contributed by atoms with Gasteiger partial charge in [0, 0.05) is 22.2 Å². The van der Waals surface area contributed by atoms with Gasteiger partial charge in [0.2, 0.25) is 0 Å². The minimum absolute atomic E-state index is 0.00546. The lowest BCUT2D eigenvalue weighted by atomic mass is 10.0. The number of ether oxygens (including phenoxy) is 1. The van der Waals surface area contributed by atoms with Crippen LogP contribution in [0.3, 0.4) is 0 Å². The predicted molar refractivity (Wildman–Crippen MR) is 86.9 cm³/mol. The molecule has 118 valence electrons. The molecule has 2 N–H and O–H groups in total. The molecule has 5 heteroatoms. The van der Waals surface area contributed by atoms with E-state index in [4.69, 9.17) is 16.3 Å². The summed E-state index contributed by atoms with van der Waals surface area (Å²) in [6.45, 7) is 8.02. The zero-order valence-electron chi connectivity index (χ0n) is 13.4. The molecular formula is C16H25ClN2O2. The Balaban J connectivity index is 2.73. The number of carbonyl (C=O) groups is 1. The Labute approximate surface area is 132 Å². The van der Waals surface area contributed by atoms with Crippen LogP contribution in [0.2, 0.25) is 5.02 Å². The molecule has 1 aromatic rings. The summed E-state index contributed by atoms with van der Waals surface area (Å²) in [7, 11) is 1.87. The molecular weight excluding hydrogens is 288 g/mol. The van der Waals surface area contributed by atoms with Crippen LogP contribution in [0.15, 0.2) is 18.2 Å². The van der Waals surface area contributed by atoms with Crippen molar-refractivity contribution in [1.29, 1.82) is 0 Å². The van der Waals surface area contributed by atoms with E-state index in [0.29, 0.717) is 10.8 Å². The van der Waals surface area contributed by atoms with Gasteiger partial charge in [-0.05, 0) is 52.4 Å². The van der Waals surface area contributed by atoms with Crippen molar-refractivity contribution < 1.29 is 9.53 Å². The molecule has 0 saturated carbocycles. The summed E-state index contributed by atoms with van der Waals surface area (Å²) in [5.74, 6) is 0.547. The predicted octanol–water partition coefficient (Wildman–Crippen LogP) is 3.30. The number of halogens is 1. The van der Waals surface area contributed by atoms with Gasteiger partial charge >= 0.3 is 0 Å². The molecule has 0 spiro atoms. The van der Waals surface area contributed by atoms with Gasteiger partial charge in [0.1, 0.15) is 5.75 Å². The van der Waals surface area contributed by atoms with Crippen LogP contribution in [0.1, 0.15) is 45.7 Å². The fourth-order valence-electron chi connectivity index (χ4n) is 1.79. The van der Waals surface area contributed by atoms with E-state index in [9.17, 15) is 4.79 Å². The maximum atomic E-state index is 11.9. The Hall–Kier alpha value is -1.26. The first-order valence-corrected chi connectivity index (χ1v) is 7.57. The van der Waals surface area contributed by atoms with Crippen molar-refractivity contribution >= 4 is 17.5 Å². The monoisotopic (exact) mass is 312 g/mol. The molecule has 1 rings (SSSR count). The van der Waals surface area contributed by atoms with Crippen LogP contribution in [0, 0.1) is 0 Å². The van der Waals surface area contributed by atoms with E-state index in [1.807, 2.05) is 40.8 Å². The van der Waals surface area contributed by atoms with Gasteiger partial charge in [-0.25, -0.2) is 0 Å². The Morgan fingerprint density at radius 3 is 2.67 bits per heavy atom. The highest BCUT2D eigenvalue weighted by Gasteiger charge is 2.18. The third-order valence-electron chi connectivity index (χ3n) is 3.59. The first-order chi connectivity index (χ1) is 9.79. The fourth-order valence-corrected chi connectivity index (χ4v) is 1.97. The summed E-state index contributed by atoms with van der Waals surface area (Å²) < 4.78 is 5.66. The van der Waals surface area contributed by atoms with E-state index in [2.05, 4.69) is 10.6 Å². The van der Waals surface area contributed by atoms with Crippen molar-refractivity contribution in [2.45, 2.75) is 45.7 Å². The molecule has 1 unspecified atom stereocenters. The van der Waals surface area contributed by atoms with Gasteiger partial charge in [-0.3, -0.25) is 4.79 Å². The van der Waals surface area contributed by atoms with Crippen LogP contribution in [-0.2, 0) is 4.79 Å². The minimum Gasteiger partial charge on any atom is -0.483 e. The van der Waals surface area contributed by atoms with Crippen LogP contribution in [0.4, 0.5) is 0 Å². The van der Waals surface area contributed by atoms with Crippen molar-refractivity contribution in [2.24, 2.45) is 0 Å². The molecule has 0 aliphatic carbocycles. The number of rotatable bonds is 7. The maximum Gasteiger partial charge on any atom is 0.258 e. The van der Waals surface area contributed by atoms with E-state index in [1.165, 1.54) is 0 Å². The highest BCUT2D eigenvalue weighted by molar-refractivity contribution is 6.30. The maximum absolute atomic E-state index is 11.9. The van der Waals surface area contributed by atoms with E-state index in [0.717, 1.165) is 12.0 Å². The lowest BCUT2D eigenvalue weighted by Crippen LogP contribution is -2.44. The van der Waals surface area contributed by atoms with E-state index >= 15 is 0 Å². The second-order valence-corrected chi connectivity index (χ2v) is 6.20. The molecule has 21 heavy (non-hydrogen) atoms. The molecule has 0 fully saturated rings.